The van der Waals surface area contributed by atoms with E-state index in [1.165, 1.54) is 72.0 Å². The quantitative estimate of drug-likeness (QED) is 0.240. The van der Waals surface area contributed by atoms with Crippen LogP contribution >= 0.6 is 0 Å². The molecule has 0 saturated heterocycles. The Morgan fingerprint density at radius 2 is 1.12 bits per heavy atom. The van der Waals surface area contributed by atoms with E-state index in [4.69, 9.17) is 0 Å². The molecule has 0 radical (unpaired) electrons. The zero-order chi connectivity index (χ0) is 19.5. The minimum Gasteiger partial charge on any atom is -0.466 e. The maximum Gasteiger partial charge on any atom is 0.333 e. The molecule has 4 heteroatoms. The molecule has 4 nitrogen and oxygen atoms in total. The molecule has 0 N–H and O–H groups in total. The minimum absolute atomic E-state index is 0.258. The van der Waals surface area contributed by atoms with E-state index in [9.17, 15) is 9.59 Å². The molecule has 0 unspecified atom stereocenters. The van der Waals surface area contributed by atoms with Gasteiger partial charge in [-0.25, -0.2) is 9.59 Å². The molecular weight excluding hydrogens is 316 g/mol. The highest BCUT2D eigenvalue weighted by Crippen LogP contribution is 2.13. The number of carbonyl (C=O) groups is 2. The molecule has 0 rings (SSSR count). The highest BCUT2D eigenvalue weighted by atomic mass is 16.5. The van der Waals surface area contributed by atoms with E-state index in [0.29, 0.717) is 11.1 Å². The first kappa shape index (κ1) is 25.7. The summed E-state index contributed by atoms with van der Waals surface area (Å²) in [6.07, 6.45) is 13.9. The van der Waals surface area contributed by atoms with E-state index in [-0.39, 0.29) is 11.9 Å². The number of carbonyl (C=O) groups excluding carboxylic acids is 2. The van der Waals surface area contributed by atoms with Crippen LogP contribution in [0, 0.1) is 0 Å². The van der Waals surface area contributed by atoms with Crippen molar-refractivity contribution in [3.63, 3.8) is 0 Å². The first-order valence-electron chi connectivity index (χ1n) is 9.40. The Labute approximate surface area is 154 Å². The maximum atomic E-state index is 11.1. The zero-order valence-corrected chi connectivity index (χ0v) is 16.8. The molecule has 0 fully saturated rings. The topological polar surface area (TPSA) is 52.6 Å². The van der Waals surface area contributed by atoms with Crippen LogP contribution < -0.4 is 0 Å². The fraction of sp³-hybridized carbons (Fsp3) is 0.714. The average Bonchev–Trinajstić information content (AvgIpc) is 2.61. The monoisotopic (exact) mass is 354 g/mol. The summed E-state index contributed by atoms with van der Waals surface area (Å²) < 4.78 is 8.89. The molecule has 0 aromatic carbocycles. The Bertz CT molecular complexity index is 385. The summed E-state index contributed by atoms with van der Waals surface area (Å²) in [7, 11) is 2.74. The fourth-order valence-electron chi connectivity index (χ4n) is 2.25. The van der Waals surface area contributed by atoms with Gasteiger partial charge in [0.05, 0.1) is 14.2 Å². The number of rotatable bonds is 13. The lowest BCUT2D eigenvalue weighted by molar-refractivity contribution is -0.137. The van der Waals surface area contributed by atoms with Gasteiger partial charge in [0.2, 0.25) is 0 Å². The van der Waals surface area contributed by atoms with Crippen molar-refractivity contribution in [2.75, 3.05) is 14.2 Å². The number of methoxy groups -OCH3 is 2. The van der Waals surface area contributed by atoms with Crippen LogP contribution in [0.4, 0.5) is 0 Å². The van der Waals surface area contributed by atoms with Crippen LogP contribution in [-0.4, -0.2) is 26.2 Å². The van der Waals surface area contributed by atoms with Crippen LogP contribution in [0.25, 0.3) is 0 Å². The fourth-order valence-corrected chi connectivity index (χ4v) is 2.25. The molecule has 0 aromatic heterocycles. The van der Waals surface area contributed by atoms with Gasteiger partial charge in [-0.2, -0.15) is 0 Å². The second-order valence-electron chi connectivity index (χ2n) is 6.30. The van der Waals surface area contributed by atoms with E-state index in [0.717, 1.165) is 12.8 Å². The molecule has 0 spiro atoms. The summed E-state index contributed by atoms with van der Waals surface area (Å²) in [4.78, 5) is 21.3. The van der Waals surface area contributed by atoms with Gasteiger partial charge in [-0.3, -0.25) is 0 Å². The van der Waals surface area contributed by atoms with E-state index in [2.05, 4.69) is 29.6 Å². The van der Waals surface area contributed by atoms with Crippen molar-refractivity contribution in [1.29, 1.82) is 0 Å². The maximum absolute atomic E-state index is 11.1. The third-order valence-corrected chi connectivity index (χ3v) is 3.84. The van der Waals surface area contributed by atoms with Gasteiger partial charge in [0.15, 0.2) is 0 Å². The molecular formula is C21H38O4. The molecule has 0 aliphatic carbocycles. The van der Waals surface area contributed by atoms with Crippen LogP contribution in [-0.2, 0) is 19.1 Å². The Morgan fingerprint density at radius 3 is 1.44 bits per heavy atom. The van der Waals surface area contributed by atoms with Crippen molar-refractivity contribution in [2.45, 2.75) is 84.5 Å². The van der Waals surface area contributed by atoms with Crippen LogP contribution in [0.5, 0.6) is 0 Å². The van der Waals surface area contributed by atoms with Crippen molar-refractivity contribution in [1.82, 2.24) is 0 Å². The van der Waals surface area contributed by atoms with Crippen molar-refractivity contribution < 1.29 is 19.1 Å². The van der Waals surface area contributed by atoms with Gasteiger partial charge in [-0.15, -0.1) is 0 Å². The molecule has 0 amide bonds. The number of hydrogen-bond donors (Lipinski definition) is 0. The van der Waals surface area contributed by atoms with Crippen molar-refractivity contribution in [3.05, 3.63) is 24.3 Å². The Balaban J connectivity index is 0. The van der Waals surface area contributed by atoms with Crippen LogP contribution in [0.3, 0.4) is 0 Å². The van der Waals surface area contributed by atoms with Gasteiger partial charge in [-0.1, -0.05) is 77.9 Å². The zero-order valence-electron chi connectivity index (χ0n) is 16.8. The summed E-state index contributed by atoms with van der Waals surface area (Å²) in [5, 5.41) is 0. The second-order valence-corrected chi connectivity index (χ2v) is 6.30. The molecule has 0 atom stereocenters. The molecule has 0 saturated carbocycles. The van der Waals surface area contributed by atoms with Gasteiger partial charge in [0, 0.05) is 11.1 Å². The predicted octanol–water partition coefficient (Wildman–Crippen LogP) is 5.76. The largest absolute Gasteiger partial charge is 0.466 e. The first-order chi connectivity index (χ1) is 11.9. The summed E-state index contributed by atoms with van der Waals surface area (Å²) in [6.45, 7) is 10.9. The van der Waals surface area contributed by atoms with Crippen molar-refractivity contribution >= 4 is 11.9 Å². The third kappa shape index (κ3) is 18.6. The van der Waals surface area contributed by atoms with Crippen LogP contribution in [0.1, 0.15) is 84.5 Å². The van der Waals surface area contributed by atoms with Crippen LogP contribution in [0.15, 0.2) is 24.3 Å². The lowest BCUT2D eigenvalue weighted by Gasteiger charge is -2.04. The van der Waals surface area contributed by atoms with E-state index >= 15 is 0 Å². The standard InChI is InChI=1S/C16H30O2.C5H8O2/c1-4-5-6-7-8-9-10-11-12-13-14-15(2)16(17)18-3;1-4(2)5(6)7-3/h2,4-14H2,1,3H3;1H2,2-3H3. The van der Waals surface area contributed by atoms with E-state index in [1.54, 1.807) is 6.92 Å². The lowest BCUT2D eigenvalue weighted by atomic mass is 10.0. The van der Waals surface area contributed by atoms with E-state index < -0.39 is 0 Å². The SMILES string of the molecule is C=C(C)C(=O)OC.C=C(CCCCCCCCCCCC)C(=O)OC. The lowest BCUT2D eigenvalue weighted by Crippen LogP contribution is -2.03. The van der Waals surface area contributed by atoms with Crippen molar-refractivity contribution in [3.8, 4) is 0 Å². The molecule has 0 bridgehead atoms. The first-order valence-corrected chi connectivity index (χ1v) is 9.40. The van der Waals surface area contributed by atoms with Gasteiger partial charge in [0.25, 0.3) is 0 Å². The summed E-state index contributed by atoms with van der Waals surface area (Å²) in [6, 6.07) is 0. The number of ether oxygens (including phenoxy) is 2. The molecule has 25 heavy (non-hydrogen) atoms. The van der Waals surface area contributed by atoms with Gasteiger partial charge in [-0.05, 0) is 19.8 Å². The van der Waals surface area contributed by atoms with Gasteiger partial charge in [0.1, 0.15) is 0 Å². The molecule has 146 valence electrons. The molecule has 0 aliphatic rings. The molecule has 0 aliphatic heterocycles. The Morgan fingerprint density at radius 1 is 0.720 bits per heavy atom. The highest BCUT2D eigenvalue weighted by molar-refractivity contribution is 5.87. The molecule has 0 heterocycles. The summed E-state index contributed by atoms with van der Waals surface area (Å²) in [5.41, 5.74) is 1.04. The summed E-state index contributed by atoms with van der Waals surface area (Å²) in [5.74, 6) is -0.606. The minimum atomic E-state index is -0.347. The predicted molar refractivity (Wildman–Crippen MR) is 104 cm³/mol. The van der Waals surface area contributed by atoms with Crippen LogP contribution in [0.2, 0.25) is 0 Å². The second kappa shape index (κ2) is 18.8. The van der Waals surface area contributed by atoms with Gasteiger partial charge >= 0.3 is 11.9 Å². The number of unbranched alkanes of at least 4 members (excludes halogenated alkanes) is 9. The molecule has 0 aromatic rings. The number of hydrogen-bond acceptors (Lipinski definition) is 4. The van der Waals surface area contributed by atoms with E-state index in [1.807, 2.05) is 0 Å². The number of esters is 2. The van der Waals surface area contributed by atoms with Crippen molar-refractivity contribution in [2.24, 2.45) is 0 Å². The third-order valence-electron chi connectivity index (χ3n) is 3.84. The summed E-state index contributed by atoms with van der Waals surface area (Å²) >= 11 is 0. The highest BCUT2D eigenvalue weighted by Gasteiger charge is 2.05. The Hall–Kier alpha value is -1.58. The van der Waals surface area contributed by atoms with Gasteiger partial charge < -0.3 is 9.47 Å². The smallest absolute Gasteiger partial charge is 0.333 e. The Kier molecular flexibility index (Phi) is 19.2. The average molecular weight is 355 g/mol. The normalized spacial score (nSPS) is 9.60.